The molecule has 0 aromatic heterocycles. The van der Waals surface area contributed by atoms with Crippen molar-refractivity contribution in [2.24, 2.45) is 5.73 Å². The fourth-order valence-corrected chi connectivity index (χ4v) is 1.99. The number of nitrogens with one attached hydrogen (secondary N) is 1. The molecule has 1 atom stereocenters. The first-order valence-corrected chi connectivity index (χ1v) is 5.97. The standard InChI is InChI=1S/C11H23N3O/c1-10(11(15)13-7-6-12)14-8-4-2-3-5-9-14/h10H,2-9,12H2,1H3,(H,13,15). The number of hydrogen-bond acceptors (Lipinski definition) is 3. The SMILES string of the molecule is CC(C(=O)NCCN)N1CCCCCC1. The minimum atomic E-state index is -0.00495. The van der Waals surface area contributed by atoms with Gasteiger partial charge in [0, 0.05) is 13.1 Å². The molecule has 0 spiro atoms. The fourth-order valence-electron chi connectivity index (χ4n) is 1.99. The number of rotatable bonds is 4. The van der Waals surface area contributed by atoms with E-state index in [9.17, 15) is 4.79 Å². The van der Waals surface area contributed by atoms with E-state index in [1.165, 1.54) is 25.7 Å². The first-order valence-electron chi connectivity index (χ1n) is 5.97. The molecule has 3 N–H and O–H groups in total. The van der Waals surface area contributed by atoms with Crippen LogP contribution in [0.3, 0.4) is 0 Å². The Bertz CT molecular complexity index is 188. The Balaban J connectivity index is 2.35. The minimum absolute atomic E-state index is 0.00495. The topological polar surface area (TPSA) is 58.4 Å². The highest BCUT2D eigenvalue weighted by Crippen LogP contribution is 2.12. The number of amides is 1. The van der Waals surface area contributed by atoms with Gasteiger partial charge in [-0.05, 0) is 32.9 Å². The molecule has 0 aromatic rings. The maximum absolute atomic E-state index is 11.7. The fraction of sp³-hybridized carbons (Fsp3) is 0.909. The highest BCUT2D eigenvalue weighted by Gasteiger charge is 2.21. The van der Waals surface area contributed by atoms with Crippen LogP contribution in [-0.2, 0) is 4.79 Å². The van der Waals surface area contributed by atoms with E-state index in [0.717, 1.165) is 13.1 Å². The van der Waals surface area contributed by atoms with E-state index in [1.807, 2.05) is 6.92 Å². The van der Waals surface area contributed by atoms with Crippen LogP contribution in [0.1, 0.15) is 32.6 Å². The molecular weight excluding hydrogens is 190 g/mol. The van der Waals surface area contributed by atoms with Crippen LogP contribution >= 0.6 is 0 Å². The lowest BCUT2D eigenvalue weighted by atomic mass is 10.2. The smallest absolute Gasteiger partial charge is 0.237 e. The van der Waals surface area contributed by atoms with Gasteiger partial charge in [0.2, 0.25) is 5.91 Å². The molecule has 0 bridgehead atoms. The third kappa shape index (κ3) is 4.18. The average molecular weight is 213 g/mol. The molecular formula is C11H23N3O. The molecule has 1 rings (SSSR count). The summed E-state index contributed by atoms with van der Waals surface area (Å²) in [4.78, 5) is 14.0. The summed E-state index contributed by atoms with van der Waals surface area (Å²) < 4.78 is 0. The van der Waals surface area contributed by atoms with Gasteiger partial charge in [0.25, 0.3) is 0 Å². The van der Waals surface area contributed by atoms with Crippen LogP contribution in [0.5, 0.6) is 0 Å². The van der Waals surface area contributed by atoms with Gasteiger partial charge in [-0.1, -0.05) is 12.8 Å². The molecule has 15 heavy (non-hydrogen) atoms. The number of hydrogen-bond donors (Lipinski definition) is 2. The zero-order valence-corrected chi connectivity index (χ0v) is 9.67. The van der Waals surface area contributed by atoms with Crippen molar-refractivity contribution in [2.45, 2.75) is 38.6 Å². The number of nitrogens with two attached hydrogens (primary N) is 1. The van der Waals surface area contributed by atoms with Crippen molar-refractivity contribution in [3.8, 4) is 0 Å². The van der Waals surface area contributed by atoms with Gasteiger partial charge in [-0.15, -0.1) is 0 Å². The maximum atomic E-state index is 11.7. The highest BCUT2D eigenvalue weighted by molar-refractivity contribution is 5.81. The Morgan fingerprint density at radius 2 is 1.93 bits per heavy atom. The van der Waals surface area contributed by atoms with Gasteiger partial charge in [-0.3, -0.25) is 9.69 Å². The zero-order valence-electron chi connectivity index (χ0n) is 9.67. The molecule has 4 nitrogen and oxygen atoms in total. The summed E-state index contributed by atoms with van der Waals surface area (Å²) in [7, 11) is 0. The Kier molecular flexibility index (Phi) is 5.65. The van der Waals surface area contributed by atoms with E-state index in [4.69, 9.17) is 5.73 Å². The van der Waals surface area contributed by atoms with Crippen LogP contribution in [0.25, 0.3) is 0 Å². The van der Waals surface area contributed by atoms with E-state index in [2.05, 4.69) is 10.2 Å². The second kappa shape index (κ2) is 6.80. The molecule has 1 fully saturated rings. The molecule has 4 heteroatoms. The van der Waals surface area contributed by atoms with E-state index in [-0.39, 0.29) is 11.9 Å². The molecule has 1 heterocycles. The lowest BCUT2D eigenvalue weighted by Crippen LogP contribution is -2.46. The second-order valence-corrected chi connectivity index (χ2v) is 4.21. The van der Waals surface area contributed by atoms with E-state index < -0.39 is 0 Å². The number of nitrogens with zero attached hydrogens (tertiary/aromatic N) is 1. The van der Waals surface area contributed by atoms with Crippen molar-refractivity contribution in [2.75, 3.05) is 26.2 Å². The van der Waals surface area contributed by atoms with Gasteiger partial charge in [-0.2, -0.15) is 0 Å². The number of carbonyl (C=O) groups is 1. The molecule has 1 aliphatic rings. The van der Waals surface area contributed by atoms with Crippen LogP contribution in [0.4, 0.5) is 0 Å². The van der Waals surface area contributed by atoms with Crippen LogP contribution < -0.4 is 11.1 Å². The minimum Gasteiger partial charge on any atom is -0.353 e. The van der Waals surface area contributed by atoms with Crippen molar-refractivity contribution in [1.82, 2.24) is 10.2 Å². The van der Waals surface area contributed by atoms with E-state index in [0.29, 0.717) is 13.1 Å². The quantitative estimate of drug-likeness (QED) is 0.707. The summed E-state index contributed by atoms with van der Waals surface area (Å²) in [6, 6.07) is -0.00495. The summed E-state index contributed by atoms with van der Waals surface area (Å²) in [5.41, 5.74) is 5.35. The molecule has 1 amide bonds. The summed E-state index contributed by atoms with van der Waals surface area (Å²) in [6.45, 7) is 5.18. The lowest BCUT2D eigenvalue weighted by molar-refractivity contribution is -0.125. The average Bonchev–Trinajstić information content (AvgIpc) is 2.53. The largest absolute Gasteiger partial charge is 0.353 e. The second-order valence-electron chi connectivity index (χ2n) is 4.21. The van der Waals surface area contributed by atoms with Crippen molar-refractivity contribution >= 4 is 5.91 Å². The van der Waals surface area contributed by atoms with E-state index in [1.54, 1.807) is 0 Å². The molecule has 1 unspecified atom stereocenters. The van der Waals surface area contributed by atoms with Gasteiger partial charge in [0.1, 0.15) is 0 Å². The Labute approximate surface area is 92.2 Å². The molecule has 0 saturated carbocycles. The van der Waals surface area contributed by atoms with E-state index >= 15 is 0 Å². The predicted octanol–water partition coefficient (Wildman–Crippen LogP) is 0.326. The molecule has 0 aromatic carbocycles. The van der Waals surface area contributed by atoms with Crippen LogP contribution in [0.15, 0.2) is 0 Å². The summed E-state index contributed by atoms with van der Waals surface area (Å²) >= 11 is 0. The van der Waals surface area contributed by atoms with Gasteiger partial charge >= 0.3 is 0 Å². The zero-order chi connectivity index (χ0) is 11.1. The first kappa shape index (κ1) is 12.5. The van der Waals surface area contributed by atoms with Crippen molar-refractivity contribution in [1.29, 1.82) is 0 Å². The van der Waals surface area contributed by atoms with Crippen LogP contribution in [0.2, 0.25) is 0 Å². The van der Waals surface area contributed by atoms with Crippen LogP contribution in [0, 0.1) is 0 Å². The van der Waals surface area contributed by atoms with Crippen LogP contribution in [-0.4, -0.2) is 43.0 Å². The number of likely N-dealkylation sites (tertiary alicyclic amines) is 1. The van der Waals surface area contributed by atoms with Gasteiger partial charge in [-0.25, -0.2) is 0 Å². The van der Waals surface area contributed by atoms with Gasteiger partial charge in [0.15, 0.2) is 0 Å². The van der Waals surface area contributed by atoms with Gasteiger partial charge < -0.3 is 11.1 Å². The van der Waals surface area contributed by atoms with Gasteiger partial charge in [0.05, 0.1) is 6.04 Å². The molecule has 1 aliphatic heterocycles. The van der Waals surface area contributed by atoms with Crippen molar-refractivity contribution in [3.63, 3.8) is 0 Å². The molecule has 1 saturated heterocycles. The Morgan fingerprint density at radius 3 is 2.47 bits per heavy atom. The Hall–Kier alpha value is -0.610. The monoisotopic (exact) mass is 213 g/mol. The molecule has 0 radical (unpaired) electrons. The predicted molar refractivity (Wildman–Crippen MR) is 61.6 cm³/mol. The maximum Gasteiger partial charge on any atom is 0.237 e. The van der Waals surface area contributed by atoms with Crippen molar-refractivity contribution in [3.05, 3.63) is 0 Å². The molecule has 88 valence electrons. The normalized spacial score (nSPS) is 20.7. The summed E-state index contributed by atoms with van der Waals surface area (Å²) in [5, 5.41) is 2.84. The summed E-state index contributed by atoms with van der Waals surface area (Å²) in [6.07, 6.45) is 5.03. The molecule has 0 aliphatic carbocycles. The number of carbonyl (C=O) groups excluding carboxylic acids is 1. The third-order valence-electron chi connectivity index (χ3n) is 3.01. The highest BCUT2D eigenvalue weighted by atomic mass is 16.2. The first-order chi connectivity index (χ1) is 7.25. The Morgan fingerprint density at radius 1 is 1.33 bits per heavy atom. The van der Waals surface area contributed by atoms with Crippen molar-refractivity contribution < 1.29 is 4.79 Å². The summed E-state index contributed by atoms with van der Waals surface area (Å²) in [5.74, 6) is 0.113. The lowest BCUT2D eigenvalue weighted by Gasteiger charge is -2.26. The third-order valence-corrected chi connectivity index (χ3v) is 3.01.